The SMILES string of the molecule is C[C@H](OC(=O)c1ccccc1NCCO)C(=O)N1CCc2ccccc21. The molecule has 0 bridgehead atoms. The smallest absolute Gasteiger partial charge is 0.341 e. The van der Waals surface area contributed by atoms with Gasteiger partial charge in [-0.15, -0.1) is 0 Å². The number of rotatable bonds is 6. The van der Waals surface area contributed by atoms with Crippen LogP contribution < -0.4 is 10.2 Å². The number of ether oxygens (including phenoxy) is 1. The second-order valence-corrected chi connectivity index (χ2v) is 6.11. The Morgan fingerprint density at radius 1 is 1.19 bits per heavy atom. The lowest BCUT2D eigenvalue weighted by Crippen LogP contribution is -2.39. The van der Waals surface area contributed by atoms with E-state index in [4.69, 9.17) is 9.84 Å². The molecule has 6 heteroatoms. The molecule has 136 valence electrons. The molecule has 0 saturated carbocycles. The Labute approximate surface area is 152 Å². The zero-order valence-electron chi connectivity index (χ0n) is 14.6. The maximum Gasteiger partial charge on any atom is 0.341 e. The molecule has 0 fully saturated rings. The number of amides is 1. The lowest BCUT2D eigenvalue weighted by Gasteiger charge is -2.22. The molecule has 1 aliphatic heterocycles. The highest BCUT2D eigenvalue weighted by molar-refractivity contribution is 6.01. The van der Waals surface area contributed by atoms with E-state index in [2.05, 4.69) is 5.32 Å². The number of nitrogens with one attached hydrogen (secondary N) is 1. The van der Waals surface area contributed by atoms with Gasteiger partial charge in [0.15, 0.2) is 6.10 Å². The van der Waals surface area contributed by atoms with Crippen molar-refractivity contribution in [1.29, 1.82) is 0 Å². The molecule has 2 aromatic carbocycles. The normalized spacial score (nSPS) is 13.8. The van der Waals surface area contributed by atoms with Gasteiger partial charge in [-0.3, -0.25) is 4.79 Å². The lowest BCUT2D eigenvalue weighted by molar-refractivity contribution is -0.126. The quantitative estimate of drug-likeness (QED) is 0.778. The number of aliphatic hydroxyl groups is 1. The van der Waals surface area contributed by atoms with Crippen LogP contribution in [0.3, 0.4) is 0 Å². The minimum atomic E-state index is -0.889. The molecule has 0 saturated heterocycles. The number of hydrogen-bond acceptors (Lipinski definition) is 5. The number of carbonyl (C=O) groups is 2. The van der Waals surface area contributed by atoms with Gasteiger partial charge in [0.2, 0.25) is 0 Å². The summed E-state index contributed by atoms with van der Waals surface area (Å²) in [7, 11) is 0. The van der Waals surface area contributed by atoms with Gasteiger partial charge in [0.1, 0.15) is 0 Å². The van der Waals surface area contributed by atoms with Crippen molar-refractivity contribution in [2.24, 2.45) is 0 Å². The van der Waals surface area contributed by atoms with Crippen LogP contribution in [0.2, 0.25) is 0 Å². The first-order valence-corrected chi connectivity index (χ1v) is 8.66. The number of para-hydroxylation sites is 2. The Kier molecular flexibility index (Phi) is 5.53. The summed E-state index contributed by atoms with van der Waals surface area (Å²) in [6, 6.07) is 14.6. The number of nitrogens with zero attached hydrogens (tertiary/aromatic N) is 1. The fourth-order valence-electron chi connectivity index (χ4n) is 3.07. The first-order chi connectivity index (χ1) is 12.6. The monoisotopic (exact) mass is 354 g/mol. The lowest BCUT2D eigenvalue weighted by atomic mass is 10.1. The third-order valence-electron chi connectivity index (χ3n) is 4.36. The van der Waals surface area contributed by atoms with Crippen LogP contribution in [0.1, 0.15) is 22.8 Å². The topological polar surface area (TPSA) is 78.9 Å². The first-order valence-electron chi connectivity index (χ1n) is 8.66. The Hall–Kier alpha value is -2.86. The van der Waals surface area contributed by atoms with E-state index in [1.807, 2.05) is 24.3 Å². The molecule has 2 aromatic rings. The Bertz CT molecular complexity index is 806. The molecule has 1 atom stereocenters. The zero-order chi connectivity index (χ0) is 18.5. The number of aliphatic hydroxyl groups excluding tert-OH is 1. The summed E-state index contributed by atoms with van der Waals surface area (Å²) in [5, 5.41) is 11.9. The van der Waals surface area contributed by atoms with Gasteiger partial charge in [0.25, 0.3) is 5.91 Å². The van der Waals surface area contributed by atoms with Gasteiger partial charge in [-0.1, -0.05) is 30.3 Å². The average Bonchev–Trinajstić information content (AvgIpc) is 3.10. The van der Waals surface area contributed by atoms with E-state index >= 15 is 0 Å². The highest BCUT2D eigenvalue weighted by atomic mass is 16.5. The Morgan fingerprint density at radius 3 is 2.73 bits per heavy atom. The number of fused-ring (bicyclic) bond motifs is 1. The second-order valence-electron chi connectivity index (χ2n) is 6.11. The second kappa shape index (κ2) is 8.01. The molecule has 0 aliphatic carbocycles. The molecule has 1 heterocycles. The molecule has 1 amide bonds. The Morgan fingerprint density at radius 2 is 1.92 bits per heavy atom. The maximum atomic E-state index is 12.7. The summed E-state index contributed by atoms with van der Waals surface area (Å²) >= 11 is 0. The van der Waals surface area contributed by atoms with E-state index in [1.165, 1.54) is 0 Å². The van der Waals surface area contributed by atoms with Crippen molar-refractivity contribution in [3.8, 4) is 0 Å². The van der Waals surface area contributed by atoms with Crippen LogP contribution >= 0.6 is 0 Å². The van der Waals surface area contributed by atoms with Crippen LogP contribution in [-0.2, 0) is 16.0 Å². The minimum Gasteiger partial charge on any atom is -0.449 e. The number of anilines is 2. The molecule has 0 spiro atoms. The minimum absolute atomic E-state index is 0.0490. The molecule has 2 N–H and O–H groups in total. The van der Waals surface area contributed by atoms with Gasteiger partial charge in [-0.25, -0.2) is 4.79 Å². The molecule has 0 radical (unpaired) electrons. The largest absolute Gasteiger partial charge is 0.449 e. The van der Waals surface area contributed by atoms with Crippen LogP contribution in [0.5, 0.6) is 0 Å². The fraction of sp³-hybridized carbons (Fsp3) is 0.300. The van der Waals surface area contributed by atoms with Gasteiger partial charge in [-0.2, -0.15) is 0 Å². The average molecular weight is 354 g/mol. The number of benzene rings is 2. The molecule has 6 nitrogen and oxygen atoms in total. The fourth-order valence-corrected chi connectivity index (χ4v) is 3.07. The van der Waals surface area contributed by atoms with Crippen LogP contribution in [-0.4, -0.2) is 42.8 Å². The molecular weight excluding hydrogens is 332 g/mol. The van der Waals surface area contributed by atoms with E-state index in [1.54, 1.807) is 36.1 Å². The molecule has 0 unspecified atom stereocenters. The van der Waals surface area contributed by atoms with Gasteiger partial charge in [0, 0.05) is 24.5 Å². The maximum absolute atomic E-state index is 12.7. The highest BCUT2D eigenvalue weighted by Gasteiger charge is 2.30. The summed E-state index contributed by atoms with van der Waals surface area (Å²) in [5.41, 5.74) is 2.91. The van der Waals surface area contributed by atoms with Crippen LogP contribution in [0.4, 0.5) is 11.4 Å². The van der Waals surface area contributed by atoms with E-state index in [9.17, 15) is 9.59 Å². The molecule has 26 heavy (non-hydrogen) atoms. The van der Waals surface area contributed by atoms with Crippen molar-refractivity contribution in [2.75, 3.05) is 29.9 Å². The van der Waals surface area contributed by atoms with Crippen LogP contribution in [0, 0.1) is 0 Å². The molecule has 0 aromatic heterocycles. The predicted octanol–water partition coefficient (Wildman–Crippen LogP) is 2.23. The van der Waals surface area contributed by atoms with E-state index < -0.39 is 12.1 Å². The van der Waals surface area contributed by atoms with E-state index in [-0.39, 0.29) is 12.5 Å². The third-order valence-corrected chi connectivity index (χ3v) is 4.36. The molecular formula is C20H22N2O4. The van der Waals surface area contributed by atoms with Crippen molar-refractivity contribution < 1.29 is 19.4 Å². The highest BCUT2D eigenvalue weighted by Crippen LogP contribution is 2.28. The standard InChI is InChI=1S/C20H22N2O4/c1-14(19(24)22-12-10-15-6-2-5-9-18(15)22)26-20(25)16-7-3-4-8-17(16)21-11-13-23/h2-9,14,21,23H,10-13H2,1H3/t14-/m0/s1. The van der Waals surface area contributed by atoms with Gasteiger partial charge >= 0.3 is 5.97 Å². The van der Waals surface area contributed by atoms with Crippen molar-refractivity contribution in [3.05, 3.63) is 59.7 Å². The van der Waals surface area contributed by atoms with E-state index in [0.29, 0.717) is 24.3 Å². The van der Waals surface area contributed by atoms with Gasteiger partial charge < -0.3 is 20.1 Å². The van der Waals surface area contributed by atoms with Crippen molar-refractivity contribution in [2.45, 2.75) is 19.4 Å². The summed E-state index contributed by atoms with van der Waals surface area (Å²) in [6.45, 7) is 2.45. The van der Waals surface area contributed by atoms with Crippen LogP contribution in [0.25, 0.3) is 0 Å². The number of carbonyl (C=O) groups excluding carboxylic acids is 2. The predicted molar refractivity (Wildman–Crippen MR) is 99.4 cm³/mol. The zero-order valence-corrected chi connectivity index (χ0v) is 14.6. The summed E-state index contributed by atoms with van der Waals surface area (Å²) in [5.74, 6) is -0.802. The number of hydrogen-bond donors (Lipinski definition) is 2. The first kappa shape index (κ1) is 17.9. The number of esters is 1. The summed E-state index contributed by atoms with van der Waals surface area (Å²) < 4.78 is 5.41. The van der Waals surface area contributed by atoms with Crippen molar-refractivity contribution in [1.82, 2.24) is 0 Å². The van der Waals surface area contributed by atoms with Crippen molar-refractivity contribution in [3.63, 3.8) is 0 Å². The van der Waals surface area contributed by atoms with Crippen molar-refractivity contribution >= 4 is 23.3 Å². The Balaban J connectivity index is 1.69. The third kappa shape index (κ3) is 3.70. The summed E-state index contributed by atoms with van der Waals surface area (Å²) in [4.78, 5) is 26.9. The van der Waals surface area contributed by atoms with E-state index in [0.717, 1.165) is 17.7 Å². The molecule has 3 rings (SSSR count). The molecule has 1 aliphatic rings. The van der Waals surface area contributed by atoms with Crippen LogP contribution in [0.15, 0.2) is 48.5 Å². The summed E-state index contributed by atoms with van der Waals surface area (Å²) in [6.07, 6.45) is -0.0872. The van der Waals surface area contributed by atoms with Gasteiger partial charge in [-0.05, 0) is 37.1 Å². The van der Waals surface area contributed by atoms with Gasteiger partial charge in [0.05, 0.1) is 12.2 Å².